The molecule has 2 aromatic heterocycles. The Morgan fingerprint density at radius 1 is 1.21 bits per heavy atom. The van der Waals surface area contributed by atoms with Crippen LogP contribution < -0.4 is 10.1 Å². The fraction of sp³-hybridized carbons (Fsp3) is 0.148. The minimum atomic E-state index is -0.115. The number of aryl methyl sites for hydroxylation is 1. The number of allylic oxidation sites excluding steroid dienone is 3. The van der Waals surface area contributed by atoms with Crippen molar-refractivity contribution >= 4 is 17.3 Å². The quantitative estimate of drug-likeness (QED) is 0.336. The Hall–Kier alpha value is -4.39. The Balaban J connectivity index is 1.32. The van der Waals surface area contributed by atoms with Crippen molar-refractivity contribution in [2.45, 2.75) is 20.3 Å². The van der Waals surface area contributed by atoms with Crippen molar-refractivity contribution in [3.8, 4) is 17.2 Å². The van der Waals surface area contributed by atoms with Gasteiger partial charge in [0, 0.05) is 11.3 Å². The molecule has 2 heterocycles. The minimum Gasteiger partial charge on any atom is -0.489 e. The fourth-order valence-electron chi connectivity index (χ4n) is 3.29. The maximum absolute atomic E-state index is 12.6. The van der Waals surface area contributed by atoms with Gasteiger partial charge in [0.15, 0.2) is 0 Å². The van der Waals surface area contributed by atoms with Gasteiger partial charge in [0.05, 0.1) is 12.6 Å². The van der Waals surface area contributed by atoms with Crippen molar-refractivity contribution in [1.29, 1.82) is 0 Å². The van der Waals surface area contributed by atoms with Gasteiger partial charge in [0.1, 0.15) is 18.2 Å². The summed E-state index contributed by atoms with van der Waals surface area (Å²) in [7, 11) is 0. The summed E-state index contributed by atoms with van der Waals surface area (Å²) in [5.41, 5.74) is 3.82. The second-order valence-corrected chi connectivity index (χ2v) is 7.74. The zero-order chi connectivity index (χ0) is 23.9. The molecule has 1 amide bonds. The van der Waals surface area contributed by atoms with Crippen LogP contribution in [-0.2, 0) is 11.2 Å². The fourth-order valence-corrected chi connectivity index (χ4v) is 3.29. The highest BCUT2D eigenvalue weighted by Gasteiger charge is 2.11. The molecule has 0 aliphatic carbocycles. The first kappa shape index (κ1) is 22.8. The number of hydrogen-bond donors (Lipinski definition) is 1. The van der Waals surface area contributed by atoms with E-state index in [1.807, 2.05) is 86.7 Å². The molecule has 34 heavy (non-hydrogen) atoms. The van der Waals surface area contributed by atoms with Crippen LogP contribution in [0.3, 0.4) is 0 Å². The first-order valence-corrected chi connectivity index (χ1v) is 10.9. The second kappa shape index (κ2) is 10.5. The third-order valence-electron chi connectivity index (χ3n) is 5.01. The van der Waals surface area contributed by atoms with E-state index in [4.69, 9.17) is 9.15 Å². The van der Waals surface area contributed by atoms with Crippen molar-refractivity contribution < 1.29 is 13.9 Å². The lowest BCUT2D eigenvalue weighted by molar-refractivity contribution is -0.115. The number of fused-ring (bicyclic) bond motifs is 1. The lowest BCUT2D eigenvalue weighted by atomic mass is 10.1. The Morgan fingerprint density at radius 2 is 2.03 bits per heavy atom. The van der Waals surface area contributed by atoms with Gasteiger partial charge in [0.2, 0.25) is 17.5 Å². The van der Waals surface area contributed by atoms with Gasteiger partial charge in [-0.25, -0.2) is 4.98 Å². The molecule has 0 atom stereocenters. The molecule has 0 saturated heterocycles. The van der Waals surface area contributed by atoms with Gasteiger partial charge in [-0.15, -0.1) is 5.10 Å². The number of nitrogens with zero attached hydrogens (tertiary/aromatic N) is 3. The summed E-state index contributed by atoms with van der Waals surface area (Å²) in [5, 5.41) is 7.34. The predicted octanol–water partition coefficient (Wildman–Crippen LogP) is 5.55. The van der Waals surface area contributed by atoms with Crippen LogP contribution in [0, 0.1) is 6.92 Å². The Morgan fingerprint density at radius 3 is 2.79 bits per heavy atom. The standard InChI is InChI=1S/C27H26N4O3/c1-4-5-6-8-19(2)18-33-24-10-7-9-21(15-24)16-25(32)29-23-13-11-22(12-14-23)27-30-31-20(3)28-17-26(31)34-27/h4-15,17H,2,16,18H2,1,3H3,(H,29,32)/b5-4-,8-6-. The smallest absolute Gasteiger partial charge is 0.246 e. The number of amides is 1. The molecule has 2 aromatic carbocycles. The molecule has 4 rings (SSSR count). The normalized spacial score (nSPS) is 11.5. The Kier molecular flexibility index (Phi) is 7.03. The molecule has 0 saturated carbocycles. The number of hydrogen-bond acceptors (Lipinski definition) is 5. The molecule has 0 aliphatic heterocycles. The molecule has 0 fully saturated rings. The van der Waals surface area contributed by atoms with E-state index < -0.39 is 0 Å². The van der Waals surface area contributed by atoms with Gasteiger partial charge in [-0.2, -0.15) is 4.52 Å². The zero-order valence-electron chi connectivity index (χ0n) is 19.2. The molecule has 4 aromatic rings. The number of imidazole rings is 1. The third-order valence-corrected chi connectivity index (χ3v) is 5.01. The second-order valence-electron chi connectivity index (χ2n) is 7.74. The molecule has 0 unspecified atom stereocenters. The number of anilines is 1. The first-order chi connectivity index (χ1) is 16.5. The lowest BCUT2D eigenvalue weighted by Crippen LogP contribution is -2.14. The summed E-state index contributed by atoms with van der Waals surface area (Å²) >= 11 is 0. The predicted molar refractivity (Wildman–Crippen MR) is 133 cm³/mol. The maximum atomic E-state index is 12.6. The highest BCUT2D eigenvalue weighted by Crippen LogP contribution is 2.23. The summed E-state index contributed by atoms with van der Waals surface area (Å²) in [5.74, 6) is 1.84. The van der Waals surface area contributed by atoms with E-state index in [1.54, 1.807) is 10.7 Å². The zero-order valence-corrected chi connectivity index (χ0v) is 19.2. The lowest BCUT2D eigenvalue weighted by Gasteiger charge is -2.09. The monoisotopic (exact) mass is 454 g/mol. The van der Waals surface area contributed by atoms with Crippen LogP contribution in [0.25, 0.3) is 17.2 Å². The number of rotatable bonds is 9. The number of ether oxygens (including phenoxy) is 1. The van der Waals surface area contributed by atoms with E-state index in [0.717, 1.165) is 22.5 Å². The average Bonchev–Trinajstić information content (AvgIpc) is 3.40. The molecule has 0 aliphatic rings. The van der Waals surface area contributed by atoms with Crippen LogP contribution in [0.5, 0.6) is 5.75 Å². The topological polar surface area (TPSA) is 81.7 Å². The van der Waals surface area contributed by atoms with Crippen molar-refractivity contribution in [1.82, 2.24) is 14.6 Å². The third kappa shape index (κ3) is 5.69. The summed E-state index contributed by atoms with van der Waals surface area (Å²) < 4.78 is 13.2. The van der Waals surface area contributed by atoms with Gasteiger partial charge in [-0.3, -0.25) is 4.79 Å². The molecule has 7 nitrogen and oxygen atoms in total. The van der Waals surface area contributed by atoms with Crippen LogP contribution in [0.4, 0.5) is 5.69 Å². The van der Waals surface area contributed by atoms with E-state index in [-0.39, 0.29) is 12.3 Å². The number of aromatic nitrogens is 3. The summed E-state index contributed by atoms with van der Waals surface area (Å²) in [6.07, 6.45) is 9.58. The van der Waals surface area contributed by atoms with E-state index in [9.17, 15) is 4.79 Å². The molecule has 172 valence electrons. The minimum absolute atomic E-state index is 0.115. The van der Waals surface area contributed by atoms with Gasteiger partial charge >= 0.3 is 0 Å². The number of benzene rings is 2. The highest BCUT2D eigenvalue weighted by molar-refractivity contribution is 5.92. The van der Waals surface area contributed by atoms with Crippen molar-refractivity contribution in [2.24, 2.45) is 0 Å². The molecule has 7 heteroatoms. The van der Waals surface area contributed by atoms with Crippen LogP contribution in [0.1, 0.15) is 18.3 Å². The number of nitrogens with one attached hydrogen (secondary N) is 1. The average molecular weight is 455 g/mol. The van der Waals surface area contributed by atoms with Crippen LogP contribution in [-0.4, -0.2) is 27.1 Å². The molecular formula is C27H26N4O3. The number of carbonyl (C=O) groups is 1. The van der Waals surface area contributed by atoms with Gasteiger partial charge in [-0.05, 0) is 61.4 Å². The molecule has 0 radical (unpaired) electrons. The van der Waals surface area contributed by atoms with Gasteiger partial charge in [0.25, 0.3) is 0 Å². The highest BCUT2D eigenvalue weighted by atomic mass is 16.5. The van der Waals surface area contributed by atoms with Crippen molar-refractivity contribution in [3.05, 3.63) is 103 Å². The van der Waals surface area contributed by atoms with Gasteiger partial charge in [-0.1, -0.05) is 43.0 Å². The van der Waals surface area contributed by atoms with E-state index in [2.05, 4.69) is 22.0 Å². The van der Waals surface area contributed by atoms with E-state index in [1.165, 1.54) is 0 Å². The number of carbonyl (C=O) groups excluding carboxylic acids is 1. The maximum Gasteiger partial charge on any atom is 0.246 e. The largest absolute Gasteiger partial charge is 0.489 e. The Bertz CT molecular complexity index is 1360. The molecular weight excluding hydrogens is 428 g/mol. The summed E-state index contributed by atoms with van der Waals surface area (Å²) in [6, 6.07) is 14.9. The summed E-state index contributed by atoms with van der Waals surface area (Å²) in [4.78, 5) is 16.7. The molecule has 0 spiro atoms. The van der Waals surface area contributed by atoms with Crippen molar-refractivity contribution in [3.63, 3.8) is 0 Å². The SMILES string of the molecule is C=C(/C=C\C=C/C)COc1cccc(CC(=O)Nc2ccc(-c3nn4c(C)ncc4o3)cc2)c1. The summed E-state index contributed by atoms with van der Waals surface area (Å²) in [6.45, 7) is 8.17. The van der Waals surface area contributed by atoms with E-state index in [0.29, 0.717) is 29.6 Å². The van der Waals surface area contributed by atoms with E-state index >= 15 is 0 Å². The van der Waals surface area contributed by atoms with Crippen molar-refractivity contribution in [2.75, 3.05) is 11.9 Å². The van der Waals surface area contributed by atoms with Crippen LogP contribution >= 0.6 is 0 Å². The van der Waals surface area contributed by atoms with Gasteiger partial charge < -0.3 is 14.5 Å². The van der Waals surface area contributed by atoms with Crippen LogP contribution in [0.15, 0.2) is 95.6 Å². The molecule has 0 bridgehead atoms. The molecule has 1 N–H and O–H groups in total. The Labute approximate surface area is 198 Å². The van der Waals surface area contributed by atoms with Crippen LogP contribution in [0.2, 0.25) is 0 Å². The first-order valence-electron chi connectivity index (χ1n) is 10.9.